The van der Waals surface area contributed by atoms with Crippen LogP contribution in [0.25, 0.3) is 0 Å². The number of rotatable bonds is 6. The molecule has 2 unspecified atom stereocenters. The minimum atomic E-state index is -0.0193. The van der Waals surface area contributed by atoms with Gasteiger partial charge < -0.3 is 16.2 Å². The maximum absolute atomic E-state index is 6.11. The Morgan fingerprint density at radius 1 is 1.29 bits per heavy atom. The van der Waals surface area contributed by atoms with Crippen molar-refractivity contribution in [3.8, 4) is 5.75 Å². The summed E-state index contributed by atoms with van der Waals surface area (Å²) in [5.74, 6) is 0.706. The van der Waals surface area contributed by atoms with Gasteiger partial charge in [-0.05, 0) is 44.4 Å². The number of nitrogens with two attached hydrogens (primary N) is 2. The van der Waals surface area contributed by atoms with E-state index in [9.17, 15) is 0 Å². The molecule has 0 fully saturated rings. The van der Waals surface area contributed by atoms with Gasteiger partial charge in [-0.1, -0.05) is 17.7 Å². The second kappa shape index (κ2) is 6.84. The molecule has 4 N–H and O–H groups in total. The molecular formula is C13H21ClN2O. The van der Waals surface area contributed by atoms with Gasteiger partial charge in [-0.25, -0.2) is 0 Å². The van der Waals surface area contributed by atoms with Gasteiger partial charge in [0.05, 0.1) is 11.6 Å². The Bertz CT molecular complexity index is 355. The normalized spacial score (nSPS) is 14.4. The zero-order chi connectivity index (χ0) is 12.8. The summed E-state index contributed by atoms with van der Waals surface area (Å²) in [5, 5.41) is 0.612. The summed E-state index contributed by atoms with van der Waals surface area (Å²) < 4.78 is 5.38. The standard InChI is InChI=1S/C13H21ClN2O/c1-3-17-13-7-5-10(8-11(13)14)12(16)6-4-9(2)15/h5,7-9,12H,3-4,6,15-16H2,1-2H3. The Balaban J connectivity index is 2.68. The van der Waals surface area contributed by atoms with E-state index >= 15 is 0 Å². The van der Waals surface area contributed by atoms with Gasteiger partial charge in [0.25, 0.3) is 0 Å². The average molecular weight is 257 g/mol. The minimum Gasteiger partial charge on any atom is -0.492 e. The van der Waals surface area contributed by atoms with E-state index in [0.29, 0.717) is 17.4 Å². The van der Waals surface area contributed by atoms with Crippen molar-refractivity contribution >= 4 is 11.6 Å². The van der Waals surface area contributed by atoms with Crippen LogP contribution in [-0.4, -0.2) is 12.6 Å². The monoisotopic (exact) mass is 256 g/mol. The molecule has 0 saturated carbocycles. The highest BCUT2D eigenvalue weighted by Crippen LogP contribution is 2.28. The maximum Gasteiger partial charge on any atom is 0.137 e. The maximum atomic E-state index is 6.11. The summed E-state index contributed by atoms with van der Waals surface area (Å²) in [4.78, 5) is 0. The summed E-state index contributed by atoms with van der Waals surface area (Å²) in [6.45, 7) is 4.52. The van der Waals surface area contributed by atoms with Crippen molar-refractivity contribution in [3.05, 3.63) is 28.8 Å². The third-order valence-electron chi connectivity index (χ3n) is 2.62. The second-order valence-corrected chi connectivity index (χ2v) is 4.69. The smallest absolute Gasteiger partial charge is 0.137 e. The second-order valence-electron chi connectivity index (χ2n) is 4.28. The molecule has 0 aromatic heterocycles. The molecule has 17 heavy (non-hydrogen) atoms. The molecule has 4 heteroatoms. The third kappa shape index (κ3) is 4.54. The number of benzene rings is 1. The van der Waals surface area contributed by atoms with Crippen molar-refractivity contribution in [1.29, 1.82) is 0 Å². The van der Waals surface area contributed by atoms with E-state index in [-0.39, 0.29) is 12.1 Å². The molecule has 0 bridgehead atoms. The molecule has 1 rings (SSSR count). The van der Waals surface area contributed by atoms with Crippen molar-refractivity contribution in [3.63, 3.8) is 0 Å². The summed E-state index contributed by atoms with van der Waals surface area (Å²) in [7, 11) is 0. The molecule has 96 valence electrons. The fourth-order valence-electron chi connectivity index (χ4n) is 1.63. The van der Waals surface area contributed by atoms with Crippen LogP contribution in [0.1, 0.15) is 38.3 Å². The van der Waals surface area contributed by atoms with Gasteiger partial charge in [0, 0.05) is 12.1 Å². The Hall–Kier alpha value is -0.770. The summed E-state index contributed by atoms with van der Waals surface area (Å²) in [5.41, 5.74) is 12.8. The van der Waals surface area contributed by atoms with Crippen molar-refractivity contribution in [2.45, 2.75) is 38.8 Å². The first kappa shape index (κ1) is 14.3. The van der Waals surface area contributed by atoms with Crippen molar-refractivity contribution in [2.24, 2.45) is 11.5 Å². The fraction of sp³-hybridized carbons (Fsp3) is 0.538. The summed E-state index contributed by atoms with van der Waals surface area (Å²) in [6.07, 6.45) is 1.77. The van der Waals surface area contributed by atoms with Crippen LogP contribution < -0.4 is 16.2 Å². The van der Waals surface area contributed by atoms with Gasteiger partial charge in [0.2, 0.25) is 0 Å². The van der Waals surface area contributed by atoms with Gasteiger partial charge >= 0.3 is 0 Å². The quantitative estimate of drug-likeness (QED) is 0.823. The van der Waals surface area contributed by atoms with E-state index < -0.39 is 0 Å². The number of halogens is 1. The van der Waals surface area contributed by atoms with Crippen molar-refractivity contribution in [2.75, 3.05) is 6.61 Å². The number of hydrogen-bond donors (Lipinski definition) is 2. The van der Waals surface area contributed by atoms with Gasteiger partial charge in [-0.2, -0.15) is 0 Å². The van der Waals surface area contributed by atoms with Crippen LogP contribution in [0, 0.1) is 0 Å². The van der Waals surface area contributed by atoms with E-state index in [2.05, 4.69) is 0 Å². The molecule has 3 nitrogen and oxygen atoms in total. The fourth-order valence-corrected chi connectivity index (χ4v) is 1.87. The highest BCUT2D eigenvalue weighted by atomic mass is 35.5. The zero-order valence-corrected chi connectivity index (χ0v) is 11.2. The molecule has 0 aliphatic rings. The lowest BCUT2D eigenvalue weighted by molar-refractivity contribution is 0.340. The molecule has 0 spiro atoms. The number of hydrogen-bond acceptors (Lipinski definition) is 3. The van der Waals surface area contributed by atoms with Crippen LogP contribution in [0.2, 0.25) is 5.02 Å². The van der Waals surface area contributed by atoms with Gasteiger partial charge in [-0.15, -0.1) is 0 Å². The van der Waals surface area contributed by atoms with E-state index in [1.54, 1.807) is 0 Å². The zero-order valence-electron chi connectivity index (χ0n) is 10.4. The van der Waals surface area contributed by atoms with Crippen LogP contribution in [0.4, 0.5) is 0 Å². The van der Waals surface area contributed by atoms with Gasteiger partial charge in [0.1, 0.15) is 5.75 Å². The molecule has 0 aliphatic carbocycles. The Labute approximate surface area is 108 Å². The topological polar surface area (TPSA) is 61.3 Å². The van der Waals surface area contributed by atoms with E-state index in [1.165, 1.54) is 0 Å². The van der Waals surface area contributed by atoms with Crippen molar-refractivity contribution in [1.82, 2.24) is 0 Å². The Morgan fingerprint density at radius 2 is 2.00 bits per heavy atom. The molecule has 1 aromatic rings. The predicted molar refractivity (Wildman–Crippen MR) is 72.4 cm³/mol. The lowest BCUT2D eigenvalue weighted by Crippen LogP contribution is -2.18. The van der Waals surface area contributed by atoms with Crippen LogP contribution in [0.15, 0.2) is 18.2 Å². The molecule has 0 radical (unpaired) electrons. The largest absolute Gasteiger partial charge is 0.492 e. The van der Waals surface area contributed by atoms with Crippen LogP contribution in [0.3, 0.4) is 0 Å². The highest BCUT2D eigenvalue weighted by Gasteiger charge is 2.10. The van der Waals surface area contributed by atoms with Gasteiger partial charge in [-0.3, -0.25) is 0 Å². The van der Waals surface area contributed by atoms with Crippen LogP contribution in [0.5, 0.6) is 5.75 Å². The lowest BCUT2D eigenvalue weighted by atomic mass is 10.0. The van der Waals surface area contributed by atoms with Gasteiger partial charge in [0.15, 0.2) is 0 Å². The summed E-state index contributed by atoms with van der Waals surface area (Å²) >= 11 is 6.11. The predicted octanol–water partition coefficient (Wildman–Crippen LogP) is 2.87. The first-order valence-corrected chi connectivity index (χ1v) is 6.35. The van der Waals surface area contributed by atoms with Crippen LogP contribution in [-0.2, 0) is 0 Å². The minimum absolute atomic E-state index is 0.0193. The lowest BCUT2D eigenvalue weighted by Gasteiger charge is -2.15. The Morgan fingerprint density at radius 3 is 2.53 bits per heavy atom. The molecule has 1 aromatic carbocycles. The Kier molecular flexibility index (Phi) is 5.75. The molecule has 2 atom stereocenters. The van der Waals surface area contributed by atoms with Crippen molar-refractivity contribution < 1.29 is 4.74 Å². The first-order chi connectivity index (χ1) is 8.04. The third-order valence-corrected chi connectivity index (χ3v) is 2.91. The average Bonchev–Trinajstić information content (AvgIpc) is 2.28. The molecule has 0 aliphatic heterocycles. The van der Waals surface area contributed by atoms with E-state index in [0.717, 1.165) is 18.4 Å². The first-order valence-electron chi connectivity index (χ1n) is 5.98. The molecular weight excluding hydrogens is 236 g/mol. The van der Waals surface area contributed by atoms with Crippen LogP contribution >= 0.6 is 11.6 Å². The SMILES string of the molecule is CCOc1ccc(C(N)CCC(C)N)cc1Cl. The van der Waals surface area contributed by atoms with E-state index in [4.69, 9.17) is 27.8 Å². The van der Waals surface area contributed by atoms with E-state index in [1.807, 2.05) is 32.0 Å². The number of ether oxygens (including phenoxy) is 1. The molecule has 0 saturated heterocycles. The summed E-state index contributed by atoms with van der Waals surface area (Å²) in [6, 6.07) is 5.86. The molecule has 0 heterocycles. The molecule has 0 amide bonds. The highest BCUT2D eigenvalue weighted by molar-refractivity contribution is 6.32.